The maximum absolute atomic E-state index is 13.3. The van der Waals surface area contributed by atoms with Crippen molar-refractivity contribution < 1.29 is 4.79 Å². The average molecular weight is 329 g/mol. The molecule has 2 aromatic heterocycles. The fourth-order valence-electron chi connectivity index (χ4n) is 3.75. The van der Waals surface area contributed by atoms with Gasteiger partial charge in [-0.25, -0.2) is 0 Å². The number of nitrogens with one attached hydrogen (secondary N) is 1. The number of rotatable bonds is 4. The highest BCUT2D eigenvalue weighted by atomic mass is 16.2. The number of H-pyrrole nitrogens is 1. The second kappa shape index (κ2) is 6.79. The van der Waals surface area contributed by atoms with Crippen molar-refractivity contribution in [3.8, 4) is 0 Å². The van der Waals surface area contributed by atoms with E-state index >= 15 is 0 Å². The molecule has 24 heavy (non-hydrogen) atoms. The molecule has 1 unspecified atom stereocenters. The third kappa shape index (κ3) is 2.85. The fraction of sp³-hybridized carbons (Fsp3) is 0.611. The summed E-state index contributed by atoms with van der Waals surface area (Å²) in [5, 5.41) is 11.8. The molecule has 3 rings (SSSR count). The summed E-state index contributed by atoms with van der Waals surface area (Å²) in [7, 11) is 0. The van der Waals surface area contributed by atoms with E-state index in [4.69, 9.17) is 0 Å². The number of carbonyl (C=O) groups is 1. The molecule has 1 amide bonds. The molecule has 0 aliphatic carbocycles. The van der Waals surface area contributed by atoms with Crippen molar-refractivity contribution in [1.82, 2.24) is 24.9 Å². The topological polar surface area (TPSA) is 66.8 Å². The third-order valence-electron chi connectivity index (χ3n) is 5.00. The molecule has 6 nitrogen and oxygen atoms in total. The van der Waals surface area contributed by atoms with Gasteiger partial charge in [0.1, 0.15) is 0 Å². The van der Waals surface area contributed by atoms with Gasteiger partial charge in [0, 0.05) is 18.8 Å². The minimum Gasteiger partial charge on any atom is -0.330 e. The molecule has 0 radical (unpaired) electrons. The van der Waals surface area contributed by atoms with Crippen molar-refractivity contribution in [2.75, 3.05) is 6.54 Å². The molecule has 1 atom stereocenters. The number of aromatic amines is 1. The molecule has 0 aromatic carbocycles. The molecule has 1 aliphatic heterocycles. The number of aromatic nitrogens is 4. The van der Waals surface area contributed by atoms with Gasteiger partial charge < -0.3 is 4.90 Å². The van der Waals surface area contributed by atoms with E-state index < -0.39 is 0 Å². The van der Waals surface area contributed by atoms with Crippen LogP contribution in [0.4, 0.5) is 0 Å². The van der Waals surface area contributed by atoms with Gasteiger partial charge >= 0.3 is 0 Å². The summed E-state index contributed by atoms with van der Waals surface area (Å²) in [6.45, 7) is 9.75. The van der Waals surface area contributed by atoms with Gasteiger partial charge in [-0.1, -0.05) is 6.92 Å². The van der Waals surface area contributed by atoms with Gasteiger partial charge in [-0.2, -0.15) is 10.2 Å². The molecule has 2 aromatic rings. The van der Waals surface area contributed by atoms with Crippen LogP contribution in [-0.2, 0) is 6.54 Å². The highest BCUT2D eigenvalue weighted by Gasteiger charge is 2.33. The van der Waals surface area contributed by atoms with Gasteiger partial charge in [-0.05, 0) is 52.0 Å². The minimum atomic E-state index is 0.0853. The van der Waals surface area contributed by atoms with Gasteiger partial charge in [0.25, 0.3) is 5.91 Å². The molecule has 1 fully saturated rings. The lowest BCUT2D eigenvalue weighted by Gasteiger charge is -2.35. The molecule has 0 saturated carbocycles. The van der Waals surface area contributed by atoms with E-state index in [0.29, 0.717) is 0 Å². The molecule has 0 bridgehead atoms. The summed E-state index contributed by atoms with van der Waals surface area (Å²) in [5.41, 5.74) is 4.77. The van der Waals surface area contributed by atoms with E-state index in [-0.39, 0.29) is 11.9 Å². The van der Waals surface area contributed by atoms with Crippen LogP contribution in [0.5, 0.6) is 0 Å². The van der Waals surface area contributed by atoms with E-state index in [1.54, 1.807) is 0 Å². The monoisotopic (exact) mass is 329 g/mol. The number of carbonyl (C=O) groups excluding carboxylic acids is 1. The Kier molecular flexibility index (Phi) is 4.73. The Labute approximate surface area is 143 Å². The fourth-order valence-corrected chi connectivity index (χ4v) is 3.75. The minimum absolute atomic E-state index is 0.0853. The van der Waals surface area contributed by atoms with Crippen molar-refractivity contribution in [1.29, 1.82) is 0 Å². The second-order valence-electron chi connectivity index (χ2n) is 6.75. The van der Waals surface area contributed by atoms with Crippen LogP contribution in [0.15, 0.2) is 6.20 Å². The van der Waals surface area contributed by atoms with Crippen LogP contribution in [0.25, 0.3) is 0 Å². The summed E-state index contributed by atoms with van der Waals surface area (Å²) in [6, 6.07) is 0.0853. The van der Waals surface area contributed by atoms with Crippen molar-refractivity contribution in [2.45, 2.75) is 66.0 Å². The van der Waals surface area contributed by atoms with E-state index in [0.717, 1.165) is 67.0 Å². The summed E-state index contributed by atoms with van der Waals surface area (Å²) in [6.07, 6.45) is 6.02. The van der Waals surface area contributed by atoms with Crippen molar-refractivity contribution in [3.05, 3.63) is 34.4 Å². The van der Waals surface area contributed by atoms with Crippen LogP contribution >= 0.6 is 0 Å². The molecular weight excluding hydrogens is 302 g/mol. The van der Waals surface area contributed by atoms with Crippen LogP contribution in [-0.4, -0.2) is 37.3 Å². The first kappa shape index (κ1) is 16.7. The maximum atomic E-state index is 13.3. The molecule has 1 saturated heterocycles. The standard InChI is InChI=1S/C18H27N5O/c1-5-9-23-14(4)16(13(3)21-23)18(24)22-10-7-6-8-15(22)17-12(2)11-19-20-17/h11,15H,5-10H2,1-4H3,(H,19,20). The zero-order valence-electron chi connectivity index (χ0n) is 15.1. The van der Waals surface area contributed by atoms with Gasteiger partial charge in [-0.15, -0.1) is 0 Å². The third-order valence-corrected chi connectivity index (χ3v) is 5.00. The van der Waals surface area contributed by atoms with Crippen molar-refractivity contribution >= 4 is 5.91 Å². The van der Waals surface area contributed by atoms with Crippen LogP contribution in [0.2, 0.25) is 0 Å². The predicted molar refractivity (Wildman–Crippen MR) is 92.9 cm³/mol. The number of aryl methyl sites for hydroxylation is 3. The number of nitrogens with zero attached hydrogens (tertiary/aromatic N) is 4. The molecule has 6 heteroatoms. The molecule has 1 aliphatic rings. The summed E-state index contributed by atoms with van der Waals surface area (Å²) in [5.74, 6) is 0.103. The Bertz CT molecular complexity index is 730. The quantitative estimate of drug-likeness (QED) is 0.936. The summed E-state index contributed by atoms with van der Waals surface area (Å²) >= 11 is 0. The Morgan fingerprint density at radius 2 is 2.12 bits per heavy atom. The van der Waals surface area contributed by atoms with Gasteiger partial charge in [0.15, 0.2) is 0 Å². The number of hydrogen-bond acceptors (Lipinski definition) is 3. The van der Waals surface area contributed by atoms with Crippen molar-refractivity contribution in [2.24, 2.45) is 0 Å². The predicted octanol–water partition coefficient (Wildman–Crippen LogP) is 3.31. The molecule has 1 N–H and O–H groups in total. The highest BCUT2D eigenvalue weighted by molar-refractivity contribution is 5.96. The van der Waals surface area contributed by atoms with Crippen LogP contribution in [0.3, 0.4) is 0 Å². The Morgan fingerprint density at radius 3 is 2.79 bits per heavy atom. The SMILES string of the molecule is CCCn1nc(C)c(C(=O)N2CCCCC2c2[nH]ncc2C)c1C. The molecular formula is C18H27N5O. The van der Waals surface area contributed by atoms with E-state index in [2.05, 4.69) is 22.2 Å². The zero-order chi connectivity index (χ0) is 17.3. The summed E-state index contributed by atoms with van der Waals surface area (Å²) in [4.78, 5) is 15.3. The lowest BCUT2D eigenvalue weighted by molar-refractivity contribution is 0.0603. The Balaban J connectivity index is 1.94. The lowest BCUT2D eigenvalue weighted by atomic mass is 9.96. The number of amides is 1. The number of likely N-dealkylation sites (tertiary alicyclic amines) is 1. The average Bonchev–Trinajstić information content (AvgIpc) is 3.11. The first-order valence-corrected chi connectivity index (χ1v) is 8.89. The van der Waals surface area contributed by atoms with Gasteiger partial charge in [0.05, 0.1) is 29.2 Å². The molecule has 0 spiro atoms. The molecule has 3 heterocycles. The largest absolute Gasteiger partial charge is 0.330 e. The zero-order valence-corrected chi connectivity index (χ0v) is 15.1. The van der Waals surface area contributed by atoms with E-state index in [1.165, 1.54) is 0 Å². The van der Waals surface area contributed by atoms with Crippen LogP contribution in [0, 0.1) is 20.8 Å². The maximum Gasteiger partial charge on any atom is 0.258 e. The first-order valence-electron chi connectivity index (χ1n) is 8.89. The van der Waals surface area contributed by atoms with E-state index in [1.807, 2.05) is 36.5 Å². The lowest BCUT2D eigenvalue weighted by Crippen LogP contribution is -2.39. The first-order chi connectivity index (χ1) is 11.5. The molecule has 130 valence electrons. The van der Waals surface area contributed by atoms with Crippen LogP contribution < -0.4 is 0 Å². The van der Waals surface area contributed by atoms with Crippen molar-refractivity contribution in [3.63, 3.8) is 0 Å². The second-order valence-corrected chi connectivity index (χ2v) is 6.75. The Morgan fingerprint density at radius 1 is 1.33 bits per heavy atom. The highest BCUT2D eigenvalue weighted by Crippen LogP contribution is 2.33. The number of hydrogen-bond donors (Lipinski definition) is 1. The Hall–Kier alpha value is -2.11. The van der Waals surface area contributed by atoms with Gasteiger partial charge in [-0.3, -0.25) is 14.6 Å². The number of piperidine rings is 1. The normalized spacial score (nSPS) is 18.2. The smallest absolute Gasteiger partial charge is 0.258 e. The summed E-state index contributed by atoms with van der Waals surface area (Å²) < 4.78 is 1.96. The van der Waals surface area contributed by atoms with Gasteiger partial charge in [0.2, 0.25) is 0 Å². The van der Waals surface area contributed by atoms with Crippen LogP contribution in [0.1, 0.15) is 71.7 Å². The van der Waals surface area contributed by atoms with E-state index in [9.17, 15) is 4.79 Å².